The first-order valence-corrected chi connectivity index (χ1v) is 8.39. The van der Waals surface area contributed by atoms with Gasteiger partial charge in [0.25, 0.3) is 0 Å². The number of aromatic nitrogens is 2. The molecule has 0 fully saturated rings. The standard InChI is InChI=1S/C17H17Cl2N3O/c1-10-11-5-2-3-8-15(11)21-17(20-10)22-16(23)9-12-13(18)6-4-7-14(12)19/h4,6-7H,2-3,5,8-9H2,1H3,(H,20,21,22,23). The summed E-state index contributed by atoms with van der Waals surface area (Å²) in [6.07, 6.45) is 4.36. The number of aryl methyl sites for hydroxylation is 2. The molecule has 23 heavy (non-hydrogen) atoms. The minimum Gasteiger partial charge on any atom is -0.294 e. The van der Waals surface area contributed by atoms with Gasteiger partial charge in [0, 0.05) is 21.4 Å². The minimum absolute atomic E-state index is 0.0952. The van der Waals surface area contributed by atoms with Crippen molar-refractivity contribution in [3.8, 4) is 0 Å². The van der Waals surface area contributed by atoms with Gasteiger partial charge < -0.3 is 0 Å². The molecule has 0 atom stereocenters. The fourth-order valence-electron chi connectivity index (χ4n) is 2.87. The fourth-order valence-corrected chi connectivity index (χ4v) is 3.40. The number of fused-ring (bicyclic) bond motifs is 1. The lowest BCUT2D eigenvalue weighted by Crippen LogP contribution is -2.19. The first-order chi connectivity index (χ1) is 11.0. The monoisotopic (exact) mass is 349 g/mol. The summed E-state index contributed by atoms with van der Waals surface area (Å²) < 4.78 is 0. The quantitative estimate of drug-likeness (QED) is 0.905. The van der Waals surface area contributed by atoms with E-state index >= 15 is 0 Å². The molecule has 0 saturated heterocycles. The van der Waals surface area contributed by atoms with Crippen molar-refractivity contribution in [2.75, 3.05) is 5.32 Å². The van der Waals surface area contributed by atoms with Gasteiger partial charge >= 0.3 is 0 Å². The largest absolute Gasteiger partial charge is 0.294 e. The predicted molar refractivity (Wildman–Crippen MR) is 92.2 cm³/mol. The fraction of sp³-hybridized carbons (Fsp3) is 0.353. The zero-order valence-corrected chi connectivity index (χ0v) is 14.3. The molecule has 3 rings (SSSR count). The van der Waals surface area contributed by atoms with Crippen LogP contribution >= 0.6 is 23.2 Å². The molecular formula is C17H17Cl2N3O. The van der Waals surface area contributed by atoms with Crippen LogP contribution in [0.3, 0.4) is 0 Å². The van der Waals surface area contributed by atoms with Crippen LogP contribution in [-0.4, -0.2) is 15.9 Å². The van der Waals surface area contributed by atoms with Gasteiger partial charge in [-0.3, -0.25) is 10.1 Å². The van der Waals surface area contributed by atoms with Gasteiger partial charge in [-0.2, -0.15) is 0 Å². The second-order valence-electron chi connectivity index (χ2n) is 5.69. The van der Waals surface area contributed by atoms with E-state index in [2.05, 4.69) is 15.3 Å². The van der Waals surface area contributed by atoms with Crippen LogP contribution in [0.1, 0.15) is 35.4 Å². The van der Waals surface area contributed by atoms with Gasteiger partial charge in [0.1, 0.15) is 0 Å². The molecule has 0 spiro atoms. The molecule has 4 nitrogen and oxygen atoms in total. The molecule has 6 heteroatoms. The normalized spacial score (nSPS) is 13.5. The molecule has 0 bridgehead atoms. The lowest BCUT2D eigenvalue weighted by molar-refractivity contribution is -0.115. The molecule has 120 valence electrons. The van der Waals surface area contributed by atoms with Crippen LogP contribution in [0.25, 0.3) is 0 Å². The molecule has 1 aliphatic rings. The van der Waals surface area contributed by atoms with Crippen LogP contribution in [0.15, 0.2) is 18.2 Å². The van der Waals surface area contributed by atoms with Crippen molar-refractivity contribution in [2.45, 2.75) is 39.0 Å². The summed E-state index contributed by atoms with van der Waals surface area (Å²) in [4.78, 5) is 21.2. The maximum absolute atomic E-state index is 12.3. The second-order valence-corrected chi connectivity index (χ2v) is 6.50. The van der Waals surface area contributed by atoms with Crippen molar-refractivity contribution >= 4 is 35.1 Å². The lowest BCUT2D eigenvalue weighted by Gasteiger charge is -2.17. The Hall–Kier alpha value is -1.65. The smallest absolute Gasteiger partial charge is 0.231 e. The molecule has 1 aromatic heterocycles. The highest BCUT2D eigenvalue weighted by atomic mass is 35.5. The van der Waals surface area contributed by atoms with Gasteiger partial charge in [-0.15, -0.1) is 0 Å². The Bertz CT molecular complexity index is 741. The first kappa shape index (κ1) is 16.2. The highest BCUT2D eigenvalue weighted by molar-refractivity contribution is 6.36. The highest BCUT2D eigenvalue weighted by Gasteiger charge is 2.17. The number of carbonyl (C=O) groups is 1. The van der Waals surface area contributed by atoms with Gasteiger partial charge in [-0.25, -0.2) is 9.97 Å². The average Bonchev–Trinajstić information content (AvgIpc) is 2.51. The van der Waals surface area contributed by atoms with Crippen LogP contribution in [0, 0.1) is 6.92 Å². The number of rotatable bonds is 3. The van der Waals surface area contributed by atoms with Crippen molar-refractivity contribution in [3.05, 3.63) is 50.8 Å². The molecule has 0 saturated carbocycles. The molecule has 2 aromatic rings. The Morgan fingerprint density at radius 3 is 2.61 bits per heavy atom. The maximum Gasteiger partial charge on any atom is 0.231 e. The van der Waals surface area contributed by atoms with Gasteiger partial charge in [-0.05, 0) is 55.9 Å². The van der Waals surface area contributed by atoms with E-state index in [4.69, 9.17) is 23.2 Å². The van der Waals surface area contributed by atoms with Crippen molar-refractivity contribution in [1.82, 2.24) is 9.97 Å². The van der Waals surface area contributed by atoms with Crippen molar-refractivity contribution in [1.29, 1.82) is 0 Å². The summed E-state index contributed by atoms with van der Waals surface area (Å²) in [5, 5.41) is 3.72. The Kier molecular flexibility index (Phi) is 4.83. The number of halogens is 2. The number of benzene rings is 1. The first-order valence-electron chi connectivity index (χ1n) is 7.63. The third-order valence-electron chi connectivity index (χ3n) is 4.04. The average molecular weight is 350 g/mol. The topological polar surface area (TPSA) is 54.9 Å². The molecule has 0 unspecified atom stereocenters. The van der Waals surface area contributed by atoms with Gasteiger partial charge in [0.05, 0.1) is 6.42 Å². The number of hydrogen-bond acceptors (Lipinski definition) is 3. The third kappa shape index (κ3) is 3.65. The molecule has 1 N–H and O–H groups in total. The summed E-state index contributed by atoms with van der Waals surface area (Å²) in [6.45, 7) is 1.96. The van der Waals surface area contributed by atoms with Crippen molar-refractivity contribution in [2.24, 2.45) is 0 Å². The van der Waals surface area contributed by atoms with Crippen molar-refractivity contribution < 1.29 is 4.79 Å². The third-order valence-corrected chi connectivity index (χ3v) is 4.75. The summed E-state index contributed by atoms with van der Waals surface area (Å²) in [5.74, 6) is 0.131. The second kappa shape index (κ2) is 6.85. The van der Waals surface area contributed by atoms with Crippen LogP contribution in [0.2, 0.25) is 10.0 Å². The zero-order chi connectivity index (χ0) is 16.4. The zero-order valence-electron chi connectivity index (χ0n) is 12.8. The molecular weight excluding hydrogens is 333 g/mol. The van der Waals surface area contributed by atoms with Crippen LogP contribution in [0.4, 0.5) is 5.95 Å². The molecule has 1 aliphatic carbocycles. The summed E-state index contributed by atoms with van der Waals surface area (Å²) in [6, 6.07) is 5.19. The van der Waals surface area contributed by atoms with Crippen molar-refractivity contribution in [3.63, 3.8) is 0 Å². The Balaban J connectivity index is 1.77. The Morgan fingerprint density at radius 2 is 1.87 bits per heavy atom. The van der Waals surface area contributed by atoms with E-state index in [1.165, 1.54) is 12.0 Å². The number of nitrogens with zero attached hydrogens (tertiary/aromatic N) is 2. The Morgan fingerprint density at radius 1 is 1.17 bits per heavy atom. The minimum atomic E-state index is -0.227. The van der Waals surface area contributed by atoms with E-state index in [1.54, 1.807) is 18.2 Å². The lowest BCUT2D eigenvalue weighted by atomic mass is 9.95. The number of carbonyl (C=O) groups excluding carboxylic acids is 1. The summed E-state index contributed by atoms with van der Waals surface area (Å²) >= 11 is 12.2. The Labute approximate surface area is 145 Å². The number of anilines is 1. The highest BCUT2D eigenvalue weighted by Crippen LogP contribution is 2.25. The predicted octanol–water partition coefficient (Wildman–Crippen LogP) is 4.15. The van der Waals surface area contributed by atoms with Crippen LogP contribution in [-0.2, 0) is 24.1 Å². The molecule has 1 aromatic carbocycles. The molecule has 0 radical (unpaired) electrons. The number of amides is 1. The molecule has 0 aliphatic heterocycles. The number of nitrogens with one attached hydrogen (secondary N) is 1. The number of hydrogen-bond donors (Lipinski definition) is 1. The van der Waals surface area contributed by atoms with E-state index in [0.29, 0.717) is 21.6 Å². The van der Waals surface area contributed by atoms with Gasteiger partial charge in [-0.1, -0.05) is 29.3 Å². The van der Waals surface area contributed by atoms with E-state index in [9.17, 15) is 4.79 Å². The van der Waals surface area contributed by atoms with E-state index in [1.807, 2.05) is 6.92 Å². The van der Waals surface area contributed by atoms with E-state index in [0.717, 1.165) is 30.7 Å². The van der Waals surface area contributed by atoms with E-state index in [-0.39, 0.29) is 12.3 Å². The molecule has 1 heterocycles. The summed E-state index contributed by atoms with van der Waals surface area (Å²) in [7, 11) is 0. The molecule has 1 amide bonds. The summed E-state index contributed by atoms with van der Waals surface area (Å²) in [5.41, 5.74) is 3.84. The maximum atomic E-state index is 12.3. The van der Waals surface area contributed by atoms with Gasteiger partial charge in [0.15, 0.2) is 0 Å². The SMILES string of the molecule is Cc1nc(NC(=O)Cc2c(Cl)cccc2Cl)nc2c1CCCC2. The van der Waals surface area contributed by atoms with Crippen LogP contribution in [0.5, 0.6) is 0 Å². The van der Waals surface area contributed by atoms with Gasteiger partial charge in [0.2, 0.25) is 11.9 Å². The van der Waals surface area contributed by atoms with E-state index < -0.39 is 0 Å². The van der Waals surface area contributed by atoms with Crippen LogP contribution < -0.4 is 5.32 Å².